The van der Waals surface area contributed by atoms with E-state index in [0.717, 1.165) is 17.0 Å². The molecule has 35 heavy (non-hydrogen) atoms. The van der Waals surface area contributed by atoms with Crippen molar-refractivity contribution in [1.29, 1.82) is 0 Å². The van der Waals surface area contributed by atoms with E-state index in [9.17, 15) is 19.1 Å². The van der Waals surface area contributed by atoms with Crippen LogP contribution in [0.4, 0.5) is 4.39 Å². The number of halogens is 1. The van der Waals surface area contributed by atoms with Crippen LogP contribution in [0, 0.1) is 11.7 Å². The highest BCUT2D eigenvalue weighted by molar-refractivity contribution is 5.88. The van der Waals surface area contributed by atoms with Gasteiger partial charge in [0.2, 0.25) is 0 Å². The molecule has 0 amide bonds. The fraction of sp³-hybridized carbons (Fsp3) is 0.357. The Kier molecular flexibility index (Phi) is 8.82. The van der Waals surface area contributed by atoms with Crippen LogP contribution >= 0.6 is 0 Å². The summed E-state index contributed by atoms with van der Waals surface area (Å²) in [6, 6.07) is 11.5. The number of rotatable bonds is 7. The van der Waals surface area contributed by atoms with E-state index in [0.29, 0.717) is 55.2 Å². The number of carboxylic acid groups (broad SMARTS) is 1. The highest BCUT2D eigenvalue weighted by Gasteiger charge is 2.23. The van der Waals surface area contributed by atoms with Crippen molar-refractivity contribution < 1.29 is 23.8 Å². The van der Waals surface area contributed by atoms with E-state index >= 15 is 0 Å². The number of hydrogen-bond acceptors (Lipinski definition) is 4. The number of carbonyl (C=O) groups is 1. The number of carboxylic acids is 1. The molecule has 2 heterocycles. The molecule has 7 heteroatoms. The van der Waals surface area contributed by atoms with Gasteiger partial charge in [-0.05, 0) is 36.1 Å². The zero-order valence-electron chi connectivity index (χ0n) is 20.6. The third kappa shape index (κ3) is 6.36. The summed E-state index contributed by atoms with van der Waals surface area (Å²) in [6.07, 6.45) is 2.71. The molecule has 0 radical (unpaired) electrons. The first-order valence-electron chi connectivity index (χ1n) is 11.7. The van der Waals surface area contributed by atoms with Crippen LogP contribution in [0.15, 0.2) is 53.5 Å². The summed E-state index contributed by atoms with van der Waals surface area (Å²) in [7, 11) is 1.62. The Labute approximate surface area is 204 Å². The normalized spacial score (nSPS) is 11.8. The zero-order chi connectivity index (χ0) is 25.5. The molecule has 1 aliphatic heterocycles. The van der Waals surface area contributed by atoms with E-state index in [-0.39, 0.29) is 11.4 Å². The molecular formula is C28H32FNO5. The summed E-state index contributed by atoms with van der Waals surface area (Å²) >= 11 is 0. The maximum Gasteiger partial charge on any atom is 0.341 e. The van der Waals surface area contributed by atoms with E-state index in [2.05, 4.69) is 20.8 Å². The molecule has 186 valence electrons. The second-order valence-corrected chi connectivity index (χ2v) is 9.10. The minimum Gasteiger partial charge on any atom is -0.493 e. The van der Waals surface area contributed by atoms with Crippen LogP contribution in [-0.4, -0.2) is 36.0 Å². The maximum atomic E-state index is 14.6. The Bertz CT molecular complexity index is 1250. The van der Waals surface area contributed by atoms with Gasteiger partial charge in [0.15, 0.2) is 5.43 Å². The molecule has 0 fully saturated rings. The molecule has 3 aromatic rings. The number of aryl methyl sites for hydroxylation is 2. The van der Waals surface area contributed by atoms with Crippen LogP contribution < -0.4 is 10.2 Å². The lowest BCUT2D eigenvalue weighted by Crippen LogP contribution is -2.22. The maximum absolute atomic E-state index is 14.6. The van der Waals surface area contributed by atoms with Crippen LogP contribution in [0.2, 0.25) is 0 Å². The van der Waals surface area contributed by atoms with Gasteiger partial charge in [-0.15, -0.1) is 0 Å². The fourth-order valence-electron chi connectivity index (χ4n) is 3.85. The number of methoxy groups -OCH3 is 1. The van der Waals surface area contributed by atoms with E-state index in [1.165, 1.54) is 18.3 Å². The molecule has 2 aromatic carbocycles. The average Bonchev–Trinajstić information content (AvgIpc) is 2.81. The molecule has 0 bridgehead atoms. The average molecular weight is 482 g/mol. The van der Waals surface area contributed by atoms with Crippen molar-refractivity contribution in [3.8, 4) is 28.1 Å². The molecule has 1 aromatic heterocycles. The molecule has 0 atom stereocenters. The first-order chi connectivity index (χ1) is 16.7. The SMILES string of the molecule is CC(C)C.COCCCOc1cc2c(cc1-c1ccccc1F)-c1cc(=O)c(C(=O)O)cn1CC2. The van der Waals surface area contributed by atoms with Crippen molar-refractivity contribution in [3.63, 3.8) is 0 Å². The zero-order valence-corrected chi connectivity index (χ0v) is 20.6. The lowest BCUT2D eigenvalue weighted by molar-refractivity contribution is 0.0694. The quantitative estimate of drug-likeness (QED) is 0.441. The molecular weight excluding hydrogens is 449 g/mol. The van der Waals surface area contributed by atoms with Crippen LogP contribution in [0.1, 0.15) is 43.1 Å². The Morgan fingerprint density at radius 1 is 1.09 bits per heavy atom. The molecule has 1 N–H and O–H groups in total. The van der Waals surface area contributed by atoms with Crippen molar-refractivity contribution in [3.05, 3.63) is 75.8 Å². The van der Waals surface area contributed by atoms with E-state index in [4.69, 9.17) is 9.47 Å². The Morgan fingerprint density at radius 3 is 2.46 bits per heavy atom. The monoisotopic (exact) mass is 481 g/mol. The van der Waals surface area contributed by atoms with Gasteiger partial charge in [-0.3, -0.25) is 4.79 Å². The van der Waals surface area contributed by atoms with Crippen molar-refractivity contribution in [2.75, 3.05) is 20.3 Å². The first-order valence-corrected chi connectivity index (χ1v) is 11.7. The van der Waals surface area contributed by atoms with Crippen molar-refractivity contribution in [2.24, 2.45) is 5.92 Å². The molecule has 4 rings (SSSR count). The number of nitrogens with zero attached hydrogens (tertiary/aromatic N) is 1. The van der Waals surface area contributed by atoms with Gasteiger partial charge in [0.05, 0.1) is 12.3 Å². The lowest BCUT2D eigenvalue weighted by Gasteiger charge is -2.25. The molecule has 1 aliphatic rings. The summed E-state index contributed by atoms with van der Waals surface area (Å²) < 4.78 is 27.4. The third-order valence-corrected chi connectivity index (χ3v) is 5.38. The summed E-state index contributed by atoms with van der Waals surface area (Å²) in [5.74, 6) is -0.227. The van der Waals surface area contributed by atoms with Crippen LogP contribution in [-0.2, 0) is 17.7 Å². The van der Waals surface area contributed by atoms with Gasteiger partial charge in [-0.2, -0.15) is 0 Å². The molecule has 0 unspecified atom stereocenters. The predicted molar refractivity (Wildman–Crippen MR) is 135 cm³/mol. The topological polar surface area (TPSA) is 77.8 Å². The highest BCUT2D eigenvalue weighted by atomic mass is 19.1. The second kappa shape index (κ2) is 11.8. The summed E-state index contributed by atoms with van der Waals surface area (Å²) in [5, 5.41) is 9.26. The number of aromatic nitrogens is 1. The van der Waals surface area contributed by atoms with E-state index in [1.807, 2.05) is 12.1 Å². The van der Waals surface area contributed by atoms with Crippen molar-refractivity contribution >= 4 is 5.97 Å². The van der Waals surface area contributed by atoms with E-state index < -0.39 is 11.4 Å². The number of ether oxygens (including phenoxy) is 2. The Morgan fingerprint density at radius 2 is 1.80 bits per heavy atom. The standard InChI is InChI=1S/C24H22FNO5.C4H10/c1-30-9-4-10-31-23-11-15-7-8-26-14-19(24(28)29)22(27)13-21(26)17(15)12-18(23)16-5-2-3-6-20(16)25;1-4(2)3/h2-3,5-6,11-14H,4,7-10H2,1H3,(H,28,29);4H,1-3H3. The van der Waals surface area contributed by atoms with Gasteiger partial charge in [0, 0.05) is 55.6 Å². The second-order valence-electron chi connectivity index (χ2n) is 9.10. The number of fused-ring (bicyclic) bond motifs is 3. The van der Waals surface area contributed by atoms with Gasteiger partial charge < -0.3 is 19.1 Å². The van der Waals surface area contributed by atoms with Gasteiger partial charge in [0.25, 0.3) is 0 Å². The fourth-order valence-corrected chi connectivity index (χ4v) is 3.85. The molecule has 6 nitrogen and oxygen atoms in total. The van der Waals surface area contributed by atoms with Crippen LogP contribution in [0.5, 0.6) is 5.75 Å². The third-order valence-electron chi connectivity index (χ3n) is 5.38. The minimum absolute atomic E-state index is 0.264. The summed E-state index contributed by atoms with van der Waals surface area (Å²) in [4.78, 5) is 23.7. The van der Waals surface area contributed by atoms with Crippen LogP contribution in [0.3, 0.4) is 0 Å². The largest absolute Gasteiger partial charge is 0.493 e. The molecule has 0 spiro atoms. The van der Waals surface area contributed by atoms with Crippen molar-refractivity contribution in [1.82, 2.24) is 4.57 Å². The number of benzene rings is 2. The number of pyridine rings is 1. The van der Waals surface area contributed by atoms with Crippen molar-refractivity contribution in [2.45, 2.75) is 40.2 Å². The Balaban J connectivity index is 0.000000795. The molecule has 0 saturated heterocycles. The molecule has 0 aliphatic carbocycles. The van der Waals surface area contributed by atoms with Crippen LogP contribution in [0.25, 0.3) is 22.4 Å². The smallest absolute Gasteiger partial charge is 0.341 e. The number of aromatic carboxylic acids is 1. The highest BCUT2D eigenvalue weighted by Crippen LogP contribution is 2.40. The predicted octanol–water partition coefficient (Wildman–Crippen LogP) is 5.65. The summed E-state index contributed by atoms with van der Waals surface area (Å²) in [6.45, 7) is 8.01. The minimum atomic E-state index is -1.25. The van der Waals surface area contributed by atoms with Gasteiger partial charge in [-0.1, -0.05) is 39.0 Å². The first kappa shape index (κ1) is 26.2. The number of hydrogen-bond donors (Lipinski definition) is 1. The van der Waals surface area contributed by atoms with Gasteiger partial charge in [-0.25, -0.2) is 9.18 Å². The van der Waals surface area contributed by atoms with E-state index in [1.54, 1.807) is 29.9 Å². The van der Waals surface area contributed by atoms with Gasteiger partial charge >= 0.3 is 5.97 Å². The summed E-state index contributed by atoms with van der Waals surface area (Å²) in [5.41, 5.74) is 2.50. The van der Waals surface area contributed by atoms with Gasteiger partial charge in [0.1, 0.15) is 17.1 Å². The molecule has 0 saturated carbocycles. The Hall–Kier alpha value is -3.45. The lowest BCUT2D eigenvalue weighted by atomic mass is 9.91.